The summed E-state index contributed by atoms with van der Waals surface area (Å²) < 4.78 is 23.2. The van der Waals surface area contributed by atoms with Gasteiger partial charge in [0.25, 0.3) is 0 Å². The second-order valence-corrected chi connectivity index (χ2v) is 15.6. The Labute approximate surface area is 343 Å². The van der Waals surface area contributed by atoms with Crippen LogP contribution in [0.25, 0.3) is 32.8 Å². The highest BCUT2D eigenvalue weighted by molar-refractivity contribution is 7.14. The van der Waals surface area contributed by atoms with Crippen LogP contribution in [0.4, 0.5) is 5.13 Å². The fraction of sp³-hybridized carbons (Fsp3) is 0.292. The van der Waals surface area contributed by atoms with Gasteiger partial charge in [-0.15, -0.1) is 11.3 Å². The predicted molar refractivity (Wildman–Crippen MR) is 233 cm³/mol. The summed E-state index contributed by atoms with van der Waals surface area (Å²) >= 11 is 1.55. The number of hydrazone groups is 1. The highest BCUT2D eigenvalue weighted by Gasteiger charge is 2.30. The Morgan fingerprint density at radius 3 is 2.59 bits per heavy atom. The monoisotopic (exact) mass is 795 g/mol. The molecule has 1 N–H and O–H groups in total. The van der Waals surface area contributed by atoms with Crippen molar-refractivity contribution < 1.29 is 28.5 Å². The van der Waals surface area contributed by atoms with E-state index in [0.29, 0.717) is 42.6 Å². The van der Waals surface area contributed by atoms with Gasteiger partial charge < -0.3 is 18.9 Å². The van der Waals surface area contributed by atoms with E-state index >= 15 is 0 Å². The van der Waals surface area contributed by atoms with Crippen LogP contribution >= 0.6 is 11.3 Å². The first-order valence-electron chi connectivity index (χ1n) is 20.0. The first kappa shape index (κ1) is 40.4. The number of fused-ring (bicyclic) bond motifs is 2. The third-order valence-corrected chi connectivity index (χ3v) is 11.3. The van der Waals surface area contributed by atoms with Crippen LogP contribution in [0.15, 0.2) is 120 Å². The molecule has 298 valence electrons. The molecular weight excluding hydrogens is 747 g/mol. The van der Waals surface area contributed by atoms with Crippen LogP contribution in [0.5, 0.6) is 11.5 Å². The summed E-state index contributed by atoms with van der Waals surface area (Å²) in [6.07, 6.45) is 9.31. The van der Waals surface area contributed by atoms with Gasteiger partial charge in [0.05, 0.1) is 37.2 Å². The van der Waals surface area contributed by atoms with Crippen molar-refractivity contribution in [3.8, 4) is 22.8 Å². The van der Waals surface area contributed by atoms with Crippen LogP contribution < -0.4 is 14.9 Å². The summed E-state index contributed by atoms with van der Waals surface area (Å²) in [6.45, 7) is 8.70. The molecule has 0 spiro atoms. The molecular formula is C48H49N3O6S. The van der Waals surface area contributed by atoms with Gasteiger partial charge >= 0.3 is 11.9 Å². The lowest BCUT2D eigenvalue weighted by molar-refractivity contribution is -0.137. The third-order valence-electron chi connectivity index (χ3n) is 10.5. The molecule has 1 heterocycles. The molecule has 6 aromatic rings. The first-order chi connectivity index (χ1) is 28.3. The molecule has 0 aliphatic heterocycles. The quantitative estimate of drug-likeness (QED) is 0.0243. The first-order valence-corrected chi connectivity index (χ1v) is 20.9. The van der Waals surface area contributed by atoms with E-state index in [1.165, 1.54) is 23.6 Å². The molecule has 1 saturated carbocycles. The summed E-state index contributed by atoms with van der Waals surface area (Å²) in [6, 6.07) is 31.7. The van der Waals surface area contributed by atoms with E-state index in [4.69, 9.17) is 23.9 Å². The van der Waals surface area contributed by atoms with E-state index in [1.54, 1.807) is 17.4 Å². The van der Waals surface area contributed by atoms with Gasteiger partial charge in [0.15, 0.2) is 0 Å². The number of anilines is 1. The van der Waals surface area contributed by atoms with Gasteiger partial charge in [-0.3, -0.25) is 5.43 Å². The highest BCUT2D eigenvalue weighted by Crippen LogP contribution is 2.34. The minimum Gasteiger partial charge on any atom is -0.493 e. The largest absolute Gasteiger partial charge is 0.493 e. The maximum absolute atomic E-state index is 13.2. The summed E-state index contributed by atoms with van der Waals surface area (Å²) in [5.74, 6) is 1.17. The molecule has 1 aromatic heterocycles. The zero-order valence-corrected chi connectivity index (χ0v) is 33.8. The van der Waals surface area contributed by atoms with Crippen molar-refractivity contribution in [3.05, 3.63) is 132 Å². The number of esters is 2. The van der Waals surface area contributed by atoms with Gasteiger partial charge in [-0.2, -0.15) is 5.10 Å². The lowest BCUT2D eigenvalue weighted by Gasteiger charge is -2.34. The maximum atomic E-state index is 13.2. The molecule has 1 fully saturated rings. The molecule has 1 aliphatic carbocycles. The average Bonchev–Trinajstić information content (AvgIpc) is 3.72. The van der Waals surface area contributed by atoms with Crippen LogP contribution in [0.3, 0.4) is 0 Å². The molecule has 2 unspecified atom stereocenters. The second kappa shape index (κ2) is 19.5. The average molecular weight is 796 g/mol. The Morgan fingerprint density at radius 1 is 0.931 bits per heavy atom. The van der Waals surface area contributed by atoms with E-state index in [-0.39, 0.29) is 18.6 Å². The van der Waals surface area contributed by atoms with Crippen LogP contribution in [-0.4, -0.2) is 42.5 Å². The lowest BCUT2D eigenvalue weighted by atomic mass is 9.78. The molecule has 0 bridgehead atoms. The lowest BCUT2D eigenvalue weighted by Crippen LogP contribution is -2.32. The summed E-state index contributed by atoms with van der Waals surface area (Å²) in [5, 5.41) is 11.7. The fourth-order valence-corrected chi connectivity index (χ4v) is 8.16. The highest BCUT2D eigenvalue weighted by atomic mass is 32.1. The topological polar surface area (TPSA) is 108 Å². The van der Waals surface area contributed by atoms with Crippen molar-refractivity contribution in [1.29, 1.82) is 0 Å². The van der Waals surface area contributed by atoms with Crippen molar-refractivity contribution in [2.45, 2.75) is 65.1 Å². The number of nitrogens with one attached hydrogen (secondary N) is 1. The molecule has 1 aliphatic rings. The van der Waals surface area contributed by atoms with Gasteiger partial charge in [0.2, 0.25) is 5.13 Å². The van der Waals surface area contributed by atoms with Gasteiger partial charge in [0, 0.05) is 35.6 Å². The number of aryl methyl sites for hydroxylation is 1. The number of hydrogen-bond donors (Lipinski definition) is 1. The number of aromatic nitrogens is 1. The Hall–Kier alpha value is -5.84. The van der Waals surface area contributed by atoms with Crippen molar-refractivity contribution in [3.63, 3.8) is 0 Å². The molecule has 7 rings (SSSR count). The number of hydrogen-bond acceptors (Lipinski definition) is 10. The summed E-state index contributed by atoms with van der Waals surface area (Å²) in [4.78, 5) is 29.2. The molecule has 0 saturated heterocycles. The van der Waals surface area contributed by atoms with Crippen molar-refractivity contribution in [2.24, 2.45) is 16.9 Å². The van der Waals surface area contributed by atoms with E-state index in [2.05, 4.69) is 71.9 Å². The van der Waals surface area contributed by atoms with Crippen molar-refractivity contribution in [2.75, 3.05) is 18.6 Å². The van der Waals surface area contributed by atoms with E-state index < -0.39 is 11.9 Å². The fourth-order valence-electron chi connectivity index (χ4n) is 7.50. The molecule has 3 atom stereocenters. The van der Waals surface area contributed by atoms with Crippen LogP contribution in [0.1, 0.15) is 66.9 Å². The van der Waals surface area contributed by atoms with E-state index in [0.717, 1.165) is 63.6 Å². The number of carbonyl (C=O) groups excluding carboxylic acids is 2. The minimum absolute atomic E-state index is 0.0467. The Kier molecular flexibility index (Phi) is 13.6. The molecule has 0 radical (unpaired) electrons. The van der Waals surface area contributed by atoms with Gasteiger partial charge in [-0.1, -0.05) is 87.0 Å². The zero-order chi connectivity index (χ0) is 40.3. The van der Waals surface area contributed by atoms with Crippen molar-refractivity contribution in [1.82, 2.24) is 4.98 Å². The predicted octanol–water partition coefficient (Wildman–Crippen LogP) is 11.3. The second-order valence-electron chi connectivity index (χ2n) is 14.8. The van der Waals surface area contributed by atoms with E-state index in [1.807, 2.05) is 61.7 Å². The van der Waals surface area contributed by atoms with Gasteiger partial charge in [-0.05, 0) is 101 Å². The van der Waals surface area contributed by atoms with Crippen LogP contribution in [0, 0.1) is 18.8 Å². The Balaban J connectivity index is 0.922. The SMILES string of the molecule is C=CC(=O)OCCCOc1ccc2cc(C(=O)Oc3ccc(CO[C@H]4CCC(CCC)CC4/C=N/Nc4nc(-c5ccc6ccccc6c5)cs4)cc3C)ccc2c1. The summed E-state index contributed by atoms with van der Waals surface area (Å²) in [5.41, 5.74) is 7.54. The molecule has 0 amide bonds. The van der Waals surface area contributed by atoms with Crippen LogP contribution in [0.2, 0.25) is 0 Å². The Morgan fingerprint density at radius 2 is 1.74 bits per heavy atom. The number of thiazole rings is 1. The third kappa shape index (κ3) is 10.6. The molecule has 10 heteroatoms. The number of rotatable bonds is 17. The van der Waals surface area contributed by atoms with Gasteiger partial charge in [0.1, 0.15) is 11.5 Å². The van der Waals surface area contributed by atoms with Gasteiger partial charge in [-0.25, -0.2) is 14.6 Å². The normalized spacial score (nSPS) is 16.7. The smallest absolute Gasteiger partial charge is 0.343 e. The summed E-state index contributed by atoms with van der Waals surface area (Å²) in [7, 11) is 0. The van der Waals surface area contributed by atoms with Crippen LogP contribution in [-0.2, 0) is 20.9 Å². The standard InChI is InChI=1S/C48H49N3O6S/c1-4-9-33-12-21-45(41(25-33)29-49-51-48-50-43(31-58-48)39-16-14-35-10-6-7-11-36(35)26-39)56-30-34-13-20-44(32(3)24-34)57-47(53)40-17-15-38-28-42(19-18-37(38)27-40)54-22-8-23-55-46(52)5-2/h5-7,10-11,13-20,24,26-29,31,33,41,45H,2,4,8-9,12,21-23,25,30H2,1,3H3,(H,50,51)/b49-29+/t33?,41?,45-/m0/s1. The number of benzene rings is 5. The molecule has 9 nitrogen and oxygen atoms in total. The molecule has 5 aromatic carbocycles. The Bertz CT molecular complexity index is 2410. The molecule has 58 heavy (non-hydrogen) atoms. The van der Waals surface area contributed by atoms with Crippen molar-refractivity contribution >= 4 is 56.2 Å². The number of ether oxygens (including phenoxy) is 4. The number of nitrogens with zero attached hydrogens (tertiary/aromatic N) is 2. The maximum Gasteiger partial charge on any atom is 0.343 e. The van der Waals surface area contributed by atoms with E-state index in [9.17, 15) is 9.59 Å². The zero-order valence-electron chi connectivity index (χ0n) is 33.0. The number of carbonyl (C=O) groups is 2. The minimum atomic E-state index is -0.447.